The van der Waals surface area contributed by atoms with E-state index in [4.69, 9.17) is 0 Å². The molecule has 0 atom stereocenters. The number of anilines is 1. The molecule has 0 aliphatic heterocycles. The summed E-state index contributed by atoms with van der Waals surface area (Å²) in [6, 6.07) is 7.41. The number of amides is 2. The molecule has 3 rings (SSSR count). The Morgan fingerprint density at radius 1 is 1.42 bits per heavy atom. The molecule has 1 heterocycles. The molecule has 1 saturated carbocycles. The largest absolute Gasteiger partial charge is 0.388 e. The first-order chi connectivity index (χ1) is 9.15. The number of rotatable bonds is 3. The summed E-state index contributed by atoms with van der Waals surface area (Å²) in [5.74, 6) is 0. The van der Waals surface area contributed by atoms with Crippen LogP contribution in [0.25, 0.3) is 10.2 Å². The molecule has 0 spiro atoms. The average Bonchev–Trinajstić information content (AvgIpc) is 2.76. The Morgan fingerprint density at radius 3 is 2.89 bits per heavy atom. The minimum atomic E-state index is -0.703. The predicted octanol–water partition coefficient (Wildman–Crippen LogP) is 2.33. The molecular formula is C13H15N3O2S. The van der Waals surface area contributed by atoms with Gasteiger partial charge in [0, 0.05) is 6.54 Å². The minimum absolute atomic E-state index is 0.295. The van der Waals surface area contributed by atoms with E-state index in [9.17, 15) is 9.90 Å². The lowest BCUT2D eigenvalue weighted by molar-refractivity contribution is -0.0287. The third-order valence-electron chi connectivity index (χ3n) is 3.38. The molecule has 0 radical (unpaired) electrons. The number of aromatic nitrogens is 1. The van der Waals surface area contributed by atoms with Gasteiger partial charge in [0.05, 0.1) is 15.8 Å². The summed E-state index contributed by atoms with van der Waals surface area (Å²) in [7, 11) is 0. The first-order valence-corrected chi connectivity index (χ1v) is 7.09. The number of nitrogens with zero attached hydrogens (tertiary/aromatic N) is 1. The van der Waals surface area contributed by atoms with E-state index in [1.54, 1.807) is 0 Å². The molecule has 2 aromatic rings. The van der Waals surface area contributed by atoms with Gasteiger partial charge in [-0.3, -0.25) is 5.32 Å². The Kier molecular flexibility index (Phi) is 3.12. The van der Waals surface area contributed by atoms with Crippen molar-refractivity contribution in [3.63, 3.8) is 0 Å². The normalized spacial score (nSPS) is 16.9. The average molecular weight is 277 g/mol. The van der Waals surface area contributed by atoms with Crippen LogP contribution in [0.2, 0.25) is 0 Å². The van der Waals surface area contributed by atoms with E-state index in [2.05, 4.69) is 15.6 Å². The number of thiazole rings is 1. The number of carbonyl (C=O) groups excluding carboxylic acids is 1. The maximum Gasteiger partial charge on any atom is 0.321 e. The molecule has 19 heavy (non-hydrogen) atoms. The number of hydrogen-bond donors (Lipinski definition) is 3. The van der Waals surface area contributed by atoms with Gasteiger partial charge in [0.15, 0.2) is 5.13 Å². The van der Waals surface area contributed by atoms with E-state index in [-0.39, 0.29) is 6.03 Å². The molecule has 0 saturated heterocycles. The summed E-state index contributed by atoms with van der Waals surface area (Å²) in [6.45, 7) is 0.295. The molecule has 1 aromatic carbocycles. The lowest BCUT2D eigenvalue weighted by Crippen LogP contribution is -2.48. The number of aliphatic hydroxyl groups is 1. The highest BCUT2D eigenvalue weighted by Gasteiger charge is 2.34. The second-order valence-corrected chi connectivity index (χ2v) is 5.90. The summed E-state index contributed by atoms with van der Waals surface area (Å²) in [4.78, 5) is 16.0. The van der Waals surface area contributed by atoms with Crippen LogP contribution in [0, 0.1) is 0 Å². The molecule has 6 heteroatoms. The number of benzene rings is 1. The summed E-state index contributed by atoms with van der Waals surface area (Å²) < 4.78 is 1.04. The predicted molar refractivity (Wildman–Crippen MR) is 75.4 cm³/mol. The lowest BCUT2D eigenvalue weighted by atomic mass is 9.80. The fraction of sp³-hybridized carbons (Fsp3) is 0.385. The molecule has 1 aliphatic carbocycles. The van der Waals surface area contributed by atoms with Crippen LogP contribution in [0.1, 0.15) is 19.3 Å². The summed E-state index contributed by atoms with van der Waals surface area (Å²) >= 11 is 1.43. The van der Waals surface area contributed by atoms with Crippen LogP contribution in [0.5, 0.6) is 0 Å². The Labute approximate surface area is 114 Å². The highest BCUT2D eigenvalue weighted by molar-refractivity contribution is 7.22. The Balaban J connectivity index is 1.59. The maximum atomic E-state index is 11.7. The molecule has 5 nitrogen and oxygen atoms in total. The SMILES string of the molecule is O=C(NCC1(O)CCC1)Nc1nc2ccccc2s1. The fourth-order valence-electron chi connectivity index (χ4n) is 2.07. The van der Waals surface area contributed by atoms with Crippen molar-refractivity contribution in [3.8, 4) is 0 Å². The van der Waals surface area contributed by atoms with Gasteiger partial charge in [0.1, 0.15) is 0 Å². The monoisotopic (exact) mass is 277 g/mol. The van der Waals surface area contributed by atoms with E-state index < -0.39 is 5.60 Å². The minimum Gasteiger partial charge on any atom is -0.388 e. The van der Waals surface area contributed by atoms with Crippen LogP contribution in [0.4, 0.5) is 9.93 Å². The van der Waals surface area contributed by atoms with Crippen LogP contribution in [-0.2, 0) is 0 Å². The Hall–Kier alpha value is -1.66. The number of urea groups is 1. The zero-order valence-corrected chi connectivity index (χ0v) is 11.2. The van der Waals surface area contributed by atoms with Crippen molar-refractivity contribution >= 4 is 32.7 Å². The van der Waals surface area contributed by atoms with Crippen LogP contribution < -0.4 is 10.6 Å². The molecule has 0 bridgehead atoms. The zero-order chi connectivity index (χ0) is 13.3. The van der Waals surface area contributed by atoms with Crippen molar-refractivity contribution < 1.29 is 9.90 Å². The van der Waals surface area contributed by atoms with Crippen molar-refractivity contribution in [1.82, 2.24) is 10.3 Å². The van der Waals surface area contributed by atoms with Gasteiger partial charge in [-0.1, -0.05) is 23.5 Å². The van der Waals surface area contributed by atoms with Gasteiger partial charge in [-0.05, 0) is 31.4 Å². The smallest absolute Gasteiger partial charge is 0.321 e. The fourth-order valence-corrected chi connectivity index (χ4v) is 2.93. The van der Waals surface area contributed by atoms with E-state index in [0.29, 0.717) is 11.7 Å². The topological polar surface area (TPSA) is 74.2 Å². The van der Waals surface area contributed by atoms with Crippen molar-refractivity contribution in [3.05, 3.63) is 24.3 Å². The third kappa shape index (κ3) is 2.69. The van der Waals surface area contributed by atoms with E-state index in [1.165, 1.54) is 11.3 Å². The Morgan fingerprint density at radius 2 is 2.21 bits per heavy atom. The van der Waals surface area contributed by atoms with Gasteiger partial charge in [-0.25, -0.2) is 9.78 Å². The molecule has 0 unspecified atom stereocenters. The molecule has 1 aliphatic rings. The number of nitrogens with one attached hydrogen (secondary N) is 2. The zero-order valence-electron chi connectivity index (χ0n) is 10.3. The highest BCUT2D eigenvalue weighted by atomic mass is 32.1. The second kappa shape index (κ2) is 4.79. The highest BCUT2D eigenvalue weighted by Crippen LogP contribution is 2.30. The number of carbonyl (C=O) groups is 1. The van der Waals surface area contributed by atoms with Gasteiger partial charge in [0.2, 0.25) is 0 Å². The van der Waals surface area contributed by atoms with Gasteiger partial charge in [0.25, 0.3) is 0 Å². The van der Waals surface area contributed by atoms with Crippen LogP contribution in [0.15, 0.2) is 24.3 Å². The molecule has 3 N–H and O–H groups in total. The third-order valence-corrected chi connectivity index (χ3v) is 4.33. The molecular weight excluding hydrogens is 262 g/mol. The van der Waals surface area contributed by atoms with Gasteiger partial charge >= 0.3 is 6.03 Å². The molecule has 1 fully saturated rings. The number of hydrogen-bond acceptors (Lipinski definition) is 4. The van der Waals surface area contributed by atoms with Crippen molar-refractivity contribution in [2.45, 2.75) is 24.9 Å². The van der Waals surface area contributed by atoms with Crippen molar-refractivity contribution in [2.24, 2.45) is 0 Å². The number of fused-ring (bicyclic) bond motifs is 1. The standard InChI is InChI=1S/C13H15N3O2S/c17-11(14-8-13(18)6-3-7-13)16-12-15-9-4-1-2-5-10(9)19-12/h1-2,4-5,18H,3,6-8H2,(H2,14,15,16,17). The van der Waals surface area contributed by atoms with Gasteiger partial charge in [-0.15, -0.1) is 0 Å². The number of para-hydroxylation sites is 1. The first-order valence-electron chi connectivity index (χ1n) is 6.27. The maximum absolute atomic E-state index is 11.7. The summed E-state index contributed by atoms with van der Waals surface area (Å²) in [5, 5.41) is 15.8. The van der Waals surface area contributed by atoms with E-state index in [1.807, 2.05) is 24.3 Å². The van der Waals surface area contributed by atoms with Crippen LogP contribution in [-0.4, -0.2) is 28.3 Å². The summed E-state index contributed by atoms with van der Waals surface area (Å²) in [6.07, 6.45) is 2.54. The van der Waals surface area contributed by atoms with Crippen molar-refractivity contribution in [2.75, 3.05) is 11.9 Å². The first kappa shape index (κ1) is 12.4. The lowest BCUT2D eigenvalue weighted by Gasteiger charge is -2.36. The Bertz CT molecular complexity index is 574. The quantitative estimate of drug-likeness (QED) is 0.806. The molecule has 100 valence electrons. The van der Waals surface area contributed by atoms with Gasteiger partial charge in [-0.2, -0.15) is 0 Å². The van der Waals surface area contributed by atoms with Crippen LogP contribution in [0.3, 0.4) is 0 Å². The van der Waals surface area contributed by atoms with Gasteiger partial charge < -0.3 is 10.4 Å². The van der Waals surface area contributed by atoms with Crippen molar-refractivity contribution in [1.29, 1.82) is 0 Å². The molecule has 2 amide bonds. The van der Waals surface area contributed by atoms with E-state index in [0.717, 1.165) is 29.5 Å². The van der Waals surface area contributed by atoms with Crippen LogP contribution >= 0.6 is 11.3 Å². The molecule has 1 aromatic heterocycles. The summed E-state index contributed by atoms with van der Waals surface area (Å²) in [5.41, 5.74) is 0.172. The second-order valence-electron chi connectivity index (χ2n) is 4.87. The van der Waals surface area contributed by atoms with E-state index >= 15 is 0 Å².